The molecule has 4 rings (SSSR count). The van der Waals surface area contributed by atoms with Crippen molar-refractivity contribution in [3.05, 3.63) is 89.6 Å². The van der Waals surface area contributed by atoms with E-state index in [1.807, 2.05) is 55.5 Å². The van der Waals surface area contributed by atoms with Gasteiger partial charge < -0.3 is 14.6 Å². The van der Waals surface area contributed by atoms with Gasteiger partial charge in [0.2, 0.25) is 0 Å². The van der Waals surface area contributed by atoms with E-state index in [2.05, 4.69) is 15.1 Å². The van der Waals surface area contributed by atoms with Crippen LogP contribution in [-0.2, 0) is 0 Å². The Balaban J connectivity index is 1.41. The van der Waals surface area contributed by atoms with E-state index in [-0.39, 0.29) is 17.8 Å². The van der Waals surface area contributed by atoms with Gasteiger partial charge in [-0.1, -0.05) is 29.8 Å². The summed E-state index contributed by atoms with van der Waals surface area (Å²) in [5.74, 6) is 0.522. The van der Waals surface area contributed by atoms with Crippen LogP contribution in [0.5, 0.6) is 0 Å². The monoisotopic (exact) mass is 407 g/mol. The molecule has 1 aliphatic rings. The Bertz CT molecular complexity index is 964. The van der Waals surface area contributed by atoms with E-state index < -0.39 is 0 Å². The van der Waals surface area contributed by atoms with Crippen molar-refractivity contribution in [1.82, 2.24) is 10.2 Å². The minimum absolute atomic E-state index is 0.0721. The van der Waals surface area contributed by atoms with Gasteiger partial charge in [0, 0.05) is 38.3 Å². The van der Waals surface area contributed by atoms with E-state index in [0.29, 0.717) is 30.9 Å². The minimum Gasteiger partial charge on any atom is -0.468 e. The Morgan fingerprint density at radius 1 is 1.03 bits per heavy atom. The predicted molar refractivity (Wildman–Crippen MR) is 115 cm³/mol. The number of furan rings is 1. The second kappa shape index (κ2) is 9.13. The number of nitrogens with one attached hydrogen (secondary N) is 1. The number of carbonyl (C=O) groups is 1. The van der Waals surface area contributed by atoms with Crippen molar-refractivity contribution >= 4 is 11.6 Å². The fourth-order valence-corrected chi connectivity index (χ4v) is 3.87. The maximum absolute atomic E-state index is 14.1. The zero-order valence-corrected chi connectivity index (χ0v) is 17.1. The summed E-state index contributed by atoms with van der Waals surface area (Å²) in [4.78, 5) is 16.9. The van der Waals surface area contributed by atoms with Gasteiger partial charge in [-0.25, -0.2) is 4.39 Å². The van der Waals surface area contributed by atoms with Crippen LogP contribution in [0.25, 0.3) is 0 Å². The molecule has 2 aromatic carbocycles. The lowest BCUT2D eigenvalue weighted by Crippen LogP contribution is -2.50. The average Bonchev–Trinajstić information content (AvgIpc) is 3.30. The summed E-state index contributed by atoms with van der Waals surface area (Å²) in [7, 11) is 0. The molecule has 1 saturated heterocycles. The summed E-state index contributed by atoms with van der Waals surface area (Å²) in [6.07, 6.45) is 1.65. The molecule has 1 aliphatic heterocycles. The highest BCUT2D eigenvalue weighted by molar-refractivity contribution is 5.94. The Morgan fingerprint density at radius 2 is 1.77 bits per heavy atom. The molecular weight excluding hydrogens is 381 g/mol. The van der Waals surface area contributed by atoms with Gasteiger partial charge in [-0.2, -0.15) is 0 Å². The molecule has 0 aliphatic carbocycles. The third-order valence-electron chi connectivity index (χ3n) is 5.59. The molecule has 0 bridgehead atoms. The number of benzene rings is 2. The van der Waals surface area contributed by atoms with Crippen LogP contribution in [0.1, 0.15) is 27.7 Å². The summed E-state index contributed by atoms with van der Waals surface area (Å²) in [6, 6.07) is 18.1. The van der Waals surface area contributed by atoms with Gasteiger partial charge in [0.25, 0.3) is 5.91 Å². The van der Waals surface area contributed by atoms with Crippen molar-refractivity contribution in [3.8, 4) is 0 Å². The fourth-order valence-electron chi connectivity index (χ4n) is 3.87. The van der Waals surface area contributed by atoms with Crippen molar-refractivity contribution < 1.29 is 13.6 Å². The Labute approximate surface area is 176 Å². The van der Waals surface area contributed by atoms with Crippen LogP contribution in [0.4, 0.5) is 10.1 Å². The molecule has 1 atom stereocenters. The quantitative estimate of drug-likeness (QED) is 0.671. The first-order valence-electron chi connectivity index (χ1n) is 10.2. The van der Waals surface area contributed by atoms with Crippen molar-refractivity contribution in [1.29, 1.82) is 0 Å². The topological polar surface area (TPSA) is 48.7 Å². The zero-order valence-electron chi connectivity index (χ0n) is 17.1. The van der Waals surface area contributed by atoms with E-state index in [0.717, 1.165) is 24.4 Å². The van der Waals surface area contributed by atoms with E-state index in [9.17, 15) is 9.18 Å². The second-order valence-corrected chi connectivity index (χ2v) is 7.58. The van der Waals surface area contributed by atoms with Crippen LogP contribution in [0.15, 0.2) is 71.3 Å². The molecule has 0 unspecified atom stereocenters. The molecule has 0 spiro atoms. The fraction of sp³-hybridized carbons (Fsp3) is 0.292. The highest BCUT2D eigenvalue weighted by Gasteiger charge is 2.28. The number of rotatable bonds is 6. The lowest BCUT2D eigenvalue weighted by Gasteiger charge is -2.39. The van der Waals surface area contributed by atoms with Gasteiger partial charge in [0.15, 0.2) is 0 Å². The maximum Gasteiger partial charge on any atom is 0.251 e. The number of halogens is 1. The minimum atomic E-state index is -0.195. The Hall–Kier alpha value is -3.12. The first kappa shape index (κ1) is 20.2. The molecule has 0 radical (unpaired) electrons. The van der Waals surface area contributed by atoms with Gasteiger partial charge in [-0.05, 0) is 43.3 Å². The molecule has 156 valence electrons. The lowest BCUT2D eigenvalue weighted by molar-refractivity contribution is 0.0922. The number of aryl methyl sites for hydroxylation is 1. The van der Waals surface area contributed by atoms with Crippen LogP contribution in [0, 0.1) is 12.7 Å². The van der Waals surface area contributed by atoms with Crippen molar-refractivity contribution in [2.24, 2.45) is 0 Å². The highest BCUT2D eigenvalue weighted by Crippen LogP contribution is 2.25. The van der Waals surface area contributed by atoms with E-state index in [4.69, 9.17) is 4.42 Å². The summed E-state index contributed by atoms with van der Waals surface area (Å²) < 4.78 is 19.8. The molecule has 0 saturated carbocycles. The molecular formula is C24H26FN3O2. The standard InChI is InChI=1S/C24H26FN3O2/c1-18-8-10-19(11-9-18)24(29)26-17-22(23-7-4-16-30-23)28-14-12-27(13-15-28)21-6-3-2-5-20(21)25/h2-11,16,22H,12-15,17H2,1H3,(H,26,29)/t22-/m0/s1. The molecule has 6 heteroatoms. The molecule has 2 heterocycles. The molecule has 1 fully saturated rings. The molecule has 5 nitrogen and oxygen atoms in total. The number of hydrogen-bond donors (Lipinski definition) is 1. The SMILES string of the molecule is Cc1ccc(C(=O)NC[C@@H](c2ccco2)N2CCN(c3ccccc3F)CC2)cc1. The van der Waals surface area contributed by atoms with Crippen molar-refractivity contribution in [3.63, 3.8) is 0 Å². The number of nitrogens with zero attached hydrogens (tertiary/aromatic N) is 2. The summed E-state index contributed by atoms with van der Waals surface area (Å²) in [5.41, 5.74) is 2.40. The third-order valence-corrected chi connectivity index (χ3v) is 5.59. The Kier molecular flexibility index (Phi) is 6.14. The normalized spacial score (nSPS) is 15.7. The molecule has 1 amide bonds. The molecule has 3 aromatic rings. The van der Waals surface area contributed by atoms with Gasteiger partial charge in [0.1, 0.15) is 11.6 Å². The summed E-state index contributed by atoms with van der Waals surface area (Å²) in [6.45, 7) is 5.36. The molecule has 1 aromatic heterocycles. The van der Waals surface area contributed by atoms with Crippen LogP contribution >= 0.6 is 0 Å². The summed E-state index contributed by atoms with van der Waals surface area (Å²) >= 11 is 0. The third kappa shape index (κ3) is 4.54. The first-order valence-corrected chi connectivity index (χ1v) is 10.2. The van der Waals surface area contributed by atoms with Gasteiger partial charge in [0.05, 0.1) is 18.0 Å². The van der Waals surface area contributed by atoms with E-state index >= 15 is 0 Å². The number of amides is 1. The largest absolute Gasteiger partial charge is 0.468 e. The van der Waals surface area contributed by atoms with Gasteiger partial charge >= 0.3 is 0 Å². The second-order valence-electron chi connectivity index (χ2n) is 7.58. The van der Waals surface area contributed by atoms with Crippen molar-refractivity contribution in [2.45, 2.75) is 13.0 Å². The first-order chi connectivity index (χ1) is 14.6. The van der Waals surface area contributed by atoms with E-state index in [1.165, 1.54) is 6.07 Å². The number of carbonyl (C=O) groups excluding carboxylic acids is 1. The number of piperazine rings is 1. The Morgan fingerprint density at radius 3 is 2.43 bits per heavy atom. The van der Waals surface area contributed by atoms with Crippen LogP contribution < -0.4 is 10.2 Å². The van der Waals surface area contributed by atoms with Crippen molar-refractivity contribution in [2.75, 3.05) is 37.6 Å². The smallest absolute Gasteiger partial charge is 0.251 e. The van der Waals surface area contributed by atoms with Crippen LogP contribution in [-0.4, -0.2) is 43.5 Å². The van der Waals surface area contributed by atoms with E-state index in [1.54, 1.807) is 12.3 Å². The number of para-hydroxylation sites is 1. The molecule has 1 N–H and O–H groups in total. The lowest BCUT2D eigenvalue weighted by atomic mass is 10.1. The highest BCUT2D eigenvalue weighted by atomic mass is 19.1. The average molecular weight is 407 g/mol. The maximum atomic E-state index is 14.1. The molecule has 30 heavy (non-hydrogen) atoms. The van der Waals surface area contributed by atoms with Gasteiger partial charge in [-0.15, -0.1) is 0 Å². The zero-order chi connectivity index (χ0) is 20.9. The van der Waals surface area contributed by atoms with Gasteiger partial charge in [-0.3, -0.25) is 9.69 Å². The number of anilines is 1. The number of hydrogen-bond acceptors (Lipinski definition) is 4. The van der Waals surface area contributed by atoms with Crippen LogP contribution in [0.2, 0.25) is 0 Å². The predicted octanol–water partition coefficient (Wildman–Crippen LogP) is 4.02. The van der Waals surface area contributed by atoms with Crippen LogP contribution in [0.3, 0.4) is 0 Å². The summed E-state index contributed by atoms with van der Waals surface area (Å²) in [5, 5.41) is 3.04.